The molecule has 3 aliphatic heterocycles. The molecule has 4 heterocycles. The fraction of sp³-hybridized carbons (Fsp3) is 0.827. The van der Waals surface area contributed by atoms with Gasteiger partial charge in [-0.05, 0) is 97.9 Å². The van der Waals surface area contributed by atoms with Crippen LogP contribution in [-0.2, 0) is 45.5 Å². The number of carbonyl (C=O) groups excluding carboxylic acids is 1. The summed E-state index contributed by atoms with van der Waals surface area (Å²) in [5.41, 5.74) is -2.17. The summed E-state index contributed by atoms with van der Waals surface area (Å²) in [5, 5.41) is 68.8. The van der Waals surface area contributed by atoms with E-state index in [0.717, 1.165) is 11.1 Å². The van der Waals surface area contributed by atoms with Crippen molar-refractivity contribution in [3.05, 3.63) is 47.3 Å². The Hall–Kier alpha value is -2.43. The number of esters is 1. The summed E-state index contributed by atoms with van der Waals surface area (Å²) in [4.78, 5) is 18.6. The minimum absolute atomic E-state index is 0.174. The van der Waals surface area contributed by atoms with Crippen molar-refractivity contribution in [3.63, 3.8) is 0 Å². The number of hydrogen-bond acceptors (Lipinski definition) is 16. The van der Waals surface area contributed by atoms with Gasteiger partial charge in [-0.3, -0.25) is 4.79 Å². The maximum Gasteiger partial charge on any atom is 0.309 e. The number of alkyl halides is 2. The van der Waals surface area contributed by atoms with Crippen molar-refractivity contribution in [3.8, 4) is 0 Å². The van der Waals surface area contributed by atoms with Crippen LogP contribution >= 0.6 is 11.6 Å². The first kappa shape index (κ1) is 59.4. The van der Waals surface area contributed by atoms with Crippen LogP contribution in [0.25, 0.3) is 0 Å². The van der Waals surface area contributed by atoms with Crippen molar-refractivity contribution < 1.29 is 63.1 Å². The van der Waals surface area contributed by atoms with Crippen molar-refractivity contribution in [2.24, 2.45) is 23.7 Å². The van der Waals surface area contributed by atoms with Gasteiger partial charge in [-0.2, -0.15) is 0 Å². The molecule has 0 bridgehead atoms. The Kier molecular flexibility index (Phi) is 20.9. The molecule has 3 aliphatic rings. The molecule has 20 atom stereocenters. The third-order valence-corrected chi connectivity index (χ3v) is 16.6. The van der Waals surface area contributed by atoms with E-state index in [2.05, 4.69) is 10.3 Å². The maximum atomic E-state index is 14.7. The second kappa shape index (κ2) is 24.9. The van der Waals surface area contributed by atoms with Gasteiger partial charge >= 0.3 is 5.97 Å². The molecule has 1 aromatic carbocycles. The van der Waals surface area contributed by atoms with Crippen LogP contribution in [0.2, 0.25) is 0 Å². The Bertz CT molecular complexity index is 1970. The molecule has 1 aromatic heterocycles. The van der Waals surface area contributed by atoms with Gasteiger partial charge in [-0.1, -0.05) is 57.2 Å². The SMILES string of the molecule is CC[C@H]1OC(=O)[C@H](C)[C@@H](C2C[C@@](C)(OC)[C@@H](O)[C@H](C)O2)[C@H](C)[C@@H](O[C@@H]2O[C@H](C)C[C@H](N(C)CCc3cn([C@H](CF)[C@H](OC)c4ccc(CCl)cc4)nn3)[C@H]2O)[C@](C)(O)C[C@@H](C)CN(C)[C@H](C)[C@@H](O)[C@]1(C)O. The highest BCUT2D eigenvalue weighted by Crippen LogP contribution is 2.45. The number of ether oxygens (including phenoxy) is 6. The highest BCUT2D eigenvalue weighted by Gasteiger charge is 2.55. The molecular weight excluding hydrogens is 941 g/mol. The molecule has 5 rings (SSSR count). The average molecular weight is 1030 g/mol. The lowest BCUT2D eigenvalue weighted by Crippen LogP contribution is -2.62. The molecular formula is C52H87ClFN5O12. The third kappa shape index (κ3) is 13.5. The Labute approximate surface area is 426 Å². The van der Waals surface area contributed by atoms with Crippen molar-refractivity contribution in [1.29, 1.82) is 0 Å². The molecule has 0 radical (unpaired) electrons. The van der Waals surface area contributed by atoms with E-state index < -0.39 is 120 Å². The number of halogens is 2. The Morgan fingerprint density at radius 2 is 1.66 bits per heavy atom. The molecule has 0 aliphatic carbocycles. The van der Waals surface area contributed by atoms with E-state index in [4.69, 9.17) is 40.0 Å². The second-order valence-corrected chi connectivity index (χ2v) is 22.2. The van der Waals surface area contributed by atoms with E-state index in [-0.39, 0.29) is 31.3 Å². The molecule has 0 amide bonds. The van der Waals surface area contributed by atoms with Gasteiger partial charge in [0, 0.05) is 70.2 Å². The number of carbonyl (C=O) groups is 1. The smallest absolute Gasteiger partial charge is 0.309 e. The minimum atomic E-state index is -1.83. The van der Waals surface area contributed by atoms with Crippen LogP contribution in [0.1, 0.15) is 124 Å². The van der Waals surface area contributed by atoms with Crippen LogP contribution < -0.4 is 0 Å². The summed E-state index contributed by atoms with van der Waals surface area (Å²) in [6.07, 6.45) is -6.17. The van der Waals surface area contributed by atoms with E-state index in [0.29, 0.717) is 37.5 Å². The molecule has 0 saturated carbocycles. The number of aliphatic hydroxyl groups excluding tert-OH is 3. The molecule has 3 fully saturated rings. The van der Waals surface area contributed by atoms with Crippen LogP contribution in [0.4, 0.5) is 4.39 Å². The van der Waals surface area contributed by atoms with Gasteiger partial charge < -0.3 is 63.8 Å². The number of hydrogen-bond donors (Lipinski definition) is 5. The highest BCUT2D eigenvalue weighted by atomic mass is 35.5. The molecule has 5 N–H and O–H groups in total. The quantitative estimate of drug-likeness (QED) is 0.117. The monoisotopic (exact) mass is 1030 g/mol. The van der Waals surface area contributed by atoms with Gasteiger partial charge in [0.15, 0.2) is 6.29 Å². The van der Waals surface area contributed by atoms with Gasteiger partial charge in [-0.15, -0.1) is 16.7 Å². The minimum Gasteiger partial charge on any atom is -0.459 e. The van der Waals surface area contributed by atoms with E-state index in [9.17, 15) is 34.7 Å². The van der Waals surface area contributed by atoms with E-state index in [1.54, 1.807) is 47.7 Å². The molecule has 17 nitrogen and oxygen atoms in total. The van der Waals surface area contributed by atoms with Crippen LogP contribution in [0.5, 0.6) is 0 Å². The lowest BCUT2D eigenvalue weighted by molar-refractivity contribution is -0.302. The van der Waals surface area contributed by atoms with Crippen LogP contribution in [-0.4, -0.2) is 188 Å². The van der Waals surface area contributed by atoms with Gasteiger partial charge in [0.25, 0.3) is 0 Å². The standard InChI is InChI=1S/C52H87ClFN5O12/c1-15-41-52(10,65)45(61)33(6)58(12)27-29(2)23-50(8,64)47(31(4)42(32(5)48(63)70-41)40-24-51(9,67-14)46(62)34(7)69-40)71-49-43(60)38(22-30(3)68-49)57(11)21-20-37-28-59(56-55-37)39(26-54)44(66-13)36-18-16-35(25-53)17-19-36/h16-19,28-34,38-47,49,60-62,64-65H,15,20-27H2,1-14H3/t29-,30-,31+,32-,33-,34+,38+,39-,40?,41-,42+,43-,44-,45-,46+,47-,49+,50-,51-,52-/m1/s1. The third-order valence-electron chi connectivity index (χ3n) is 16.3. The van der Waals surface area contributed by atoms with Gasteiger partial charge in [0.2, 0.25) is 0 Å². The summed E-state index contributed by atoms with van der Waals surface area (Å²) < 4.78 is 54.1. The fourth-order valence-corrected chi connectivity index (χ4v) is 12.0. The predicted molar refractivity (Wildman–Crippen MR) is 266 cm³/mol. The zero-order chi connectivity index (χ0) is 52.9. The van der Waals surface area contributed by atoms with E-state index in [1.165, 1.54) is 25.8 Å². The normalized spacial score (nSPS) is 40.4. The summed E-state index contributed by atoms with van der Waals surface area (Å²) in [6, 6.07) is 5.70. The van der Waals surface area contributed by atoms with E-state index in [1.807, 2.05) is 68.9 Å². The average Bonchev–Trinajstić information content (AvgIpc) is 3.80. The number of aliphatic hydroxyl groups is 5. The number of methoxy groups -OCH3 is 2. The molecule has 2 aromatic rings. The first-order valence-electron chi connectivity index (χ1n) is 25.5. The van der Waals surface area contributed by atoms with Crippen molar-refractivity contribution in [2.45, 2.75) is 203 Å². The molecule has 0 spiro atoms. The highest BCUT2D eigenvalue weighted by molar-refractivity contribution is 6.17. The first-order chi connectivity index (χ1) is 33.3. The summed E-state index contributed by atoms with van der Waals surface area (Å²) in [7, 11) is 6.79. The topological polar surface area (TPSA) is 211 Å². The van der Waals surface area contributed by atoms with Gasteiger partial charge in [0.05, 0.1) is 47.2 Å². The lowest BCUT2D eigenvalue weighted by atomic mass is 9.68. The van der Waals surface area contributed by atoms with Crippen molar-refractivity contribution in [1.82, 2.24) is 24.8 Å². The summed E-state index contributed by atoms with van der Waals surface area (Å²) in [5.74, 6) is -2.88. The van der Waals surface area contributed by atoms with Gasteiger partial charge in [0.1, 0.15) is 48.8 Å². The summed E-state index contributed by atoms with van der Waals surface area (Å²) in [6.45, 7) is 17.9. The zero-order valence-electron chi connectivity index (χ0n) is 44.7. The summed E-state index contributed by atoms with van der Waals surface area (Å²) >= 11 is 5.99. The number of cyclic esters (lactones) is 1. The molecule has 19 heteroatoms. The first-order valence-corrected chi connectivity index (χ1v) is 26.1. The fourth-order valence-electron chi connectivity index (χ4n) is 11.9. The maximum absolute atomic E-state index is 14.7. The predicted octanol–water partition coefficient (Wildman–Crippen LogP) is 5.02. The number of rotatable bonds is 15. The van der Waals surface area contributed by atoms with Gasteiger partial charge in [-0.25, -0.2) is 9.07 Å². The number of likely N-dealkylation sites (N-methyl/N-ethyl adjacent to an activating group) is 2. The van der Waals surface area contributed by atoms with Crippen LogP contribution in [0, 0.1) is 23.7 Å². The van der Waals surface area contributed by atoms with Crippen molar-refractivity contribution in [2.75, 3.05) is 48.1 Å². The molecule has 1 unspecified atom stereocenters. The van der Waals surface area contributed by atoms with Crippen molar-refractivity contribution >= 4 is 17.6 Å². The molecule has 406 valence electrons. The van der Waals surface area contributed by atoms with Crippen LogP contribution in [0.3, 0.4) is 0 Å². The molecule has 71 heavy (non-hydrogen) atoms. The Morgan fingerprint density at radius 3 is 2.25 bits per heavy atom. The molecule has 3 saturated heterocycles. The van der Waals surface area contributed by atoms with Crippen LogP contribution in [0.15, 0.2) is 30.5 Å². The largest absolute Gasteiger partial charge is 0.459 e. The number of aromatic nitrogens is 3. The number of nitrogens with zero attached hydrogens (tertiary/aromatic N) is 5. The Balaban J connectivity index is 1.46. The zero-order valence-corrected chi connectivity index (χ0v) is 45.4. The lowest BCUT2D eigenvalue weighted by Gasteiger charge is -2.51. The second-order valence-electron chi connectivity index (χ2n) is 22.0. The van der Waals surface area contributed by atoms with E-state index >= 15 is 0 Å². The number of benzene rings is 1. The Morgan fingerprint density at radius 1 is 1.00 bits per heavy atom.